The fraction of sp³-hybridized carbons (Fsp3) is 0. The first-order chi connectivity index (χ1) is 12.8. The number of hydrogen-bond acceptors (Lipinski definition) is 5. The van der Waals surface area contributed by atoms with Crippen molar-refractivity contribution in [2.24, 2.45) is 0 Å². The highest BCUT2D eigenvalue weighted by molar-refractivity contribution is 7.86. The smallest absolute Gasteiger partial charge is 0.295 e. The van der Waals surface area contributed by atoms with E-state index in [0.717, 1.165) is 16.8 Å². The minimum Gasteiger partial charge on any atom is -0.508 e. The van der Waals surface area contributed by atoms with E-state index in [-0.39, 0.29) is 21.7 Å². The van der Waals surface area contributed by atoms with Gasteiger partial charge in [-0.15, -0.1) is 0 Å². The molecule has 4 aromatic carbocycles. The molecule has 0 aliphatic carbocycles. The molecule has 5 N–H and O–H groups in total. The van der Waals surface area contributed by atoms with Crippen LogP contribution in [0.5, 0.6) is 11.5 Å². The van der Waals surface area contributed by atoms with Crippen molar-refractivity contribution >= 4 is 37.4 Å². The Bertz CT molecular complexity index is 1240. The second-order valence-corrected chi connectivity index (χ2v) is 7.25. The van der Waals surface area contributed by atoms with Crippen LogP contribution in [0.4, 0.5) is 5.69 Å². The van der Waals surface area contributed by atoms with Crippen molar-refractivity contribution in [1.82, 2.24) is 0 Å². The standard InChI is InChI=1S/C10H9NO4S.C10H8O/c11-10-7-4-2-1-3-6(7)9(5-8(10)12)16(13,14)15;11-10-6-5-8-3-1-2-4-9(8)7-10/h1-5,12H,11H2,(H,13,14,15);1-7,11H. The van der Waals surface area contributed by atoms with Gasteiger partial charge in [-0.05, 0) is 22.9 Å². The molecule has 6 nitrogen and oxygen atoms in total. The monoisotopic (exact) mass is 383 g/mol. The molecule has 0 aliphatic heterocycles. The number of phenolic OH excluding ortho intramolecular Hbond substituents is 2. The molecule has 0 fully saturated rings. The van der Waals surface area contributed by atoms with E-state index in [9.17, 15) is 13.5 Å². The summed E-state index contributed by atoms with van der Waals surface area (Å²) in [6, 6.07) is 20.6. The minimum absolute atomic E-state index is 0.0861. The fourth-order valence-electron chi connectivity index (χ4n) is 2.74. The normalized spacial score (nSPS) is 11.1. The van der Waals surface area contributed by atoms with Crippen LogP contribution in [-0.4, -0.2) is 23.2 Å². The Balaban J connectivity index is 0.000000166. The van der Waals surface area contributed by atoms with Crippen molar-refractivity contribution in [2.45, 2.75) is 4.90 Å². The average Bonchev–Trinajstić information content (AvgIpc) is 2.64. The lowest BCUT2D eigenvalue weighted by molar-refractivity contribution is 0.469. The molecule has 27 heavy (non-hydrogen) atoms. The molecule has 0 aliphatic rings. The molecule has 7 heteroatoms. The van der Waals surface area contributed by atoms with E-state index in [1.54, 1.807) is 30.3 Å². The lowest BCUT2D eigenvalue weighted by Crippen LogP contribution is -2.00. The molecule has 0 atom stereocenters. The molecule has 0 saturated carbocycles. The summed E-state index contributed by atoms with van der Waals surface area (Å²) in [5.74, 6) is -0.0463. The number of nitrogens with two attached hydrogens (primary N) is 1. The quantitative estimate of drug-likeness (QED) is 0.225. The molecule has 0 unspecified atom stereocenters. The molecule has 4 aromatic rings. The van der Waals surface area contributed by atoms with E-state index >= 15 is 0 Å². The van der Waals surface area contributed by atoms with Gasteiger partial charge in [0, 0.05) is 16.8 Å². The highest BCUT2D eigenvalue weighted by Gasteiger charge is 2.17. The van der Waals surface area contributed by atoms with Crippen LogP contribution >= 0.6 is 0 Å². The lowest BCUT2D eigenvalue weighted by Gasteiger charge is -2.08. The third-order valence-electron chi connectivity index (χ3n) is 4.04. The minimum atomic E-state index is -4.38. The first-order valence-corrected chi connectivity index (χ1v) is 9.37. The van der Waals surface area contributed by atoms with Crippen molar-refractivity contribution in [2.75, 3.05) is 5.73 Å². The summed E-state index contributed by atoms with van der Waals surface area (Å²) in [5, 5.41) is 21.5. The summed E-state index contributed by atoms with van der Waals surface area (Å²) in [6.07, 6.45) is 0. The summed E-state index contributed by atoms with van der Waals surface area (Å²) in [5.41, 5.74) is 5.69. The summed E-state index contributed by atoms with van der Waals surface area (Å²) in [7, 11) is -4.38. The Labute approximate surface area is 155 Å². The van der Waals surface area contributed by atoms with Crippen molar-refractivity contribution < 1.29 is 23.2 Å². The highest BCUT2D eigenvalue weighted by atomic mass is 32.2. The Morgan fingerprint density at radius 3 is 2.00 bits per heavy atom. The summed E-state index contributed by atoms with van der Waals surface area (Å²) in [6.45, 7) is 0. The maximum Gasteiger partial charge on any atom is 0.295 e. The summed E-state index contributed by atoms with van der Waals surface area (Å²) >= 11 is 0. The number of anilines is 1. The molecule has 0 radical (unpaired) electrons. The van der Waals surface area contributed by atoms with Crippen molar-refractivity contribution in [3.63, 3.8) is 0 Å². The van der Waals surface area contributed by atoms with Crippen LogP contribution in [-0.2, 0) is 10.1 Å². The molecule has 0 heterocycles. The summed E-state index contributed by atoms with van der Waals surface area (Å²) in [4.78, 5) is -0.352. The average molecular weight is 383 g/mol. The van der Waals surface area contributed by atoms with Crippen LogP contribution in [0.2, 0.25) is 0 Å². The first-order valence-electron chi connectivity index (χ1n) is 7.93. The van der Waals surface area contributed by atoms with Gasteiger partial charge in [0.1, 0.15) is 16.4 Å². The van der Waals surface area contributed by atoms with Gasteiger partial charge in [0.05, 0.1) is 5.69 Å². The third-order valence-corrected chi connectivity index (χ3v) is 4.93. The van der Waals surface area contributed by atoms with Gasteiger partial charge in [-0.2, -0.15) is 8.42 Å². The Hall–Kier alpha value is -3.29. The molecule has 138 valence electrons. The number of fused-ring (bicyclic) bond motifs is 2. The van der Waals surface area contributed by atoms with Crippen molar-refractivity contribution in [3.8, 4) is 11.5 Å². The summed E-state index contributed by atoms with van der Waals surface area (Å²) < 4.78 is 31.3. The van der Waals surface area contributed by atoms with Crippen LogP contribution in [0.25, 0.3) is 21.5 Å². The van der Waals surface area contributed by atoms with Crippen LogP contribution in [0.15, 0.2) is 77.7 Å². The van der Waals surface area contributed by atoms with Crippen molar-refractivity contribution in [3.05, 3.63) is 72.8 Å². The molecule has 0 aromatic heterocycles. The molecule has 4 rings (SSSR count). The molecule has 0 spiro atoms. The molecule has 0 amide bonds. The zero-order valence-electron chi connectivity index (χ0n) is 14.1. The van der Waals surface area contributed by atoms with E-state index in [0.29, 0.717) is 11.1 Å². The van der Waals surface area contributed by atoms with E-state index in [1.807, 2.05) is 30.3 Å². The molecular weight excluding hydrogens is 366 g/mol. The number of phenols is 2. The van der Waals surface area contributed by atoms with Gasteiger partial charge in [-0.25, -0.2) is 0 Å². The number of aromatic hydroxyl groups is 2. The van der Waals surface area contributed by atoms with Crippen LogP contribution < -0.4 is 5.73 Å². The van der Waals surface area contributed by atoms with Gasteiger partial charge < -0.3 is 15.9 Å². The highest BCUT2D eigenvalue weighted by Crippen LogP contribution is 2.34. The first kappa shape index (κ1) is 18.5. The molecule has 0 bridgehead atoms. The van der Waals surface area contributed by atoms with Gasteiger partial charge in [-0.3, -0.25) is 4.55 Å². The van der Waals surface area contributed by atoms with Gasteiger partial charge in [0.2, 0.25) is 0 Å². The number of nitrogen functional groups attached to an aromatic ring is 1. The number of benzene rings is 4. The van der Waals surface area contributed by atoms with Crippen molar-refractivity contribution in [1.29, 1.82) is 0 Å². The van der Waals surface area contributed by atoms with Gasteiger partial charge >= 0.3 is 0 Å². The molecule has 0 saturated heterocycles. The van der Waals surface area contributed by atoms with E-state index < -0.39 is 10.1 Å². The van der Waals surface area contributed by atoms with E-state index in [2.05, 4.69) is 0 Å². The zero-order chi connectivity index (χ0) is 19.6. The van der Waals surface area contributed by atoms with Gasteiger partial charge in [-0.1, -0.05) is 54.6 Å². The van der Waals surface area contributed by atoms with Crippen LogP contribution in [0, 0.1) is 0 Å². The SMILES string of the molecule is Nc1c(O)cc(S(=O)(=O)O)c2ccccc12.Oc1ccc2ccccc2c1. The van der Waals surface area contributed by atoms with Gasteiger partial charge in [0.15, 0.2) is 0 Å². The predicted octanol–water partition coefficient (Wildman–Crippen LogP) is 3.92. The second-order valence-electron chi connectivity index (χ2n) is 5.86. The Morgan fingerprint density at radius 2 is 1.33 bits per heavy atom. The fourth-order valence-corrected chi connectivity index (χ4v) is 3.46. The topological polar surface area (TPSA) is 121 Å². The lowest BCUT2D eigenvalue weighted by atomic mass is 10.1. The van der Waals surface area contributed by atoms with E-state index in [1.165, 1.54) is 6.07 Å². The number of rotatable bonds is 1. The molecular formula is C20H17NO5S. The third kappa shape index (κ3) is 3.94. The maximum atomic E-state index is 11.1. The Kier molecular flexibility index (Phi) is 4.89. The predicted molar refractivity (Wildman–Crippen MR) is 105 cm³/mol. The van der Waals surface area contributed by atoms with Crippen LogP contribution in [0.3, 0.4) is 0 Å². The largest absolute Gasteiger partial charge is 0.508 e. The zero-order valence-corrected chi connectivity index (χ0v) is 14.9. The van der Waals surface area contributed by atoms with Gasteiger partial charge in [0.25, 0.3) is 10.1 Å². The Morgan fingerprint density at radius 1 is 0.741 bits per heavy atom. The maximum absolute atomic E-state index is 11.1. The van der Waals surface area contributed by atoms with E-state index in [4.69, 9.17) is 15.4 Å². The number of hydrogen-bond donors (Lipinski definition) is 4. The van der Waals surface area contributed by atoms with Crippen LogP contribution in [0.1, 0.15) is 0 Å². The second kappa shape index (κ2) is 7.14.